The van der Waals surface area contributed by atoms with Crippen LogP contribution in [0, 0.1) is 5.92 Å². The topological polar surface area (TPSA) is 76.1 Å². The van der Waals surface area contributed by atoms with E-state index in [-0.39, 0.29) is 30.9 Å². The molecule has 6 heteroatoms. The van der Waals surface area contributed by atoms with Crippen molar-refractivity contribution >= 4 is 0 Å². The molecular formula is C14H26F2N4. The van der Waals surface area contributed by atoms with Gasteiger partial charge in [0.1, 0.15) is 11.7 Å². The molecule has 0 aromatic heterocycles. The number of hydrogen-bond acceptors (Lipinski definition) is 4. The molecule has 0 rings (SSSR count). The number of likely N-dealkylation sites (N-methyl/N-ethyl adjacent to an activating group) is 1. The Morgan fingerprint density at radius 1 is 1.30 bits per heavy atom. The van der Waals surface area contributed by atoms with E-state index in [1.807, 2.05) is 13.0 Å². The predicted molar refractivity (Wildman–Crippen MR) is 79.8 cm³/mol. The molecule has 0 heterocycles. The molecule has 0 amide bonds. The van der Waals surface area contributed by atoms with Crippen LogP contribution >= 0.6 is 0 Å². The van der Waals surface area contributed by atoms with E-state index in [9.17, 15) is 8.78 Å². The molecule has 6 N–H and O–H groups in total. The molecule has 0 saturated heterocycles. The van der Waals surface area contributed by atoms with E-state index in [1.54, 1.807) is 14.0 Å². The predicted octanol–water partition coefficient (Wildman–Crippen LogP) is 2.02. The quantitative estimate of drug-likeness (QED) is 0.407. The van der Waals surface area contributed by atoms with Crippen molar-refractivity contribution in [1.29, 1.82) is 0 Å². The van der Waals surface area contributed by atoms with Gasteiger partial charge in [-0.05, 0) is 39.9 Å². The van der Waals surface area contributed by atoms with Crippen LogP contribution in [0.4, 0.5) is 8.78 Å². The van der Waals surface area contributed by atoms with Gasteiger partial charge in [0, 0.05) is 24.2 Å². The van der Waals surface area contributed by atoms with Crippen LogP contribution in [0.15, 0.2) is 35.2 Å². The van der Waals surface area contributed by atoms with Gasteiger partial charge in [-0.25, -0.2) is 8.78 Å². The van der Waals surface area contributed by atoms with Gasteiger partial charge in [-0.2, -0.15) is 0 Å². The van der Waals surface area contributed by atoms with Crippen molar-refractivity contribution in [2.45, 2.75) is 33.4 Å². The number of hydrogen-bond donors (Lipinski definition) is 4. The van der Waals surface area contributed by atoms with Crippen molar-refractivity contribution in [1.82, 2.24) is 10.6 Å². The maximum Gasteiger partial charge on any atom is 0.116 e. The molecule has 0 aliphatic carbocycles. The summed E-state index contributed by atoms with van der Waals surface area (Å²) in [7, 11) is 1.74. The fourth-order valence-corrected chi connectivity index (χ4v) is 1.92. The summed E-state index contributed by atoms with van der Waals surface area (Å²) in [5.41, 5.74) is 12.2. The Morgan fingerprint density at radius 3 is 2.25 bits per heavy atom. The molecule has 0 aliphatic rings. The minimum absolute atomic E-state index is 0.129. The lowest BCUT2D eigenvalue weighted by Crippen LogP contribution is -2.44. The summed E-state index contributed by atoms with van der Waals surface area (Å²) < 4.78 is 26.5. The highest BCUT2D eigenvalue weighted by Gasteiger charge is 2.21. The van der Waals surface area contributed by atoms with E-state index in [4.69, 9.17) is 11.5 Å². The molecular weight excluding hydrogens is 262 g/mol. The molecule has 2 atom stereocenters. The Morgan fingerprint density at radius 2 is 1.90 bits per heavy atom. The third-order valence-electron chi connectivity index (χ3n) is 3.21. The van der Waals surface area contributed by atoms with Crippen LogP contribution < -0.4 is 22.1 Å². The van der Waals surface area contributed by atoms with Gasteiger partial charge >= 0.3 is 0 Å². The Hall–Kier alpha value is -1.40. The summed E-state index contributed by atoms with van der Waals surface area (Å²) in [6.07, 6.45) is 2.61. The van der Waals surface area contributed by atoms with Crippen molar-refractivity contribution in [2.75, 3.05) is 13.6 Å². The minimum Gasteiger partial charge on any atom is -0.403 e. The van der Waals surface area contributed by atoms with E-state index in [0.717, 1.165) is 11.8 Å². The SMILES string of the molecule is C/C=C(\C(CN)C/C(F)=C\N)[C@@H](NC)N/C(C)=C(\C)F. The number of rotatable bonds is 8. The highest BCUT2D eigenvalue weighted by atomic mass is 19.1. The minimum atomic E-state index is -0.413. The Kier molecular flexibility index (Phi) is 8.83. The average molecular weight is 288 g/mol. The first kappa shape index (κ1) is 18.6. The molecule has 116 valence electrons. The number of allylic oxidation sites excluding steroid dienone is 4. The Balaban J connectivity index is 5.14. The van der Waals surface area contributed by atoms with Gasteiger partial charge < -0.3 is 16.8 Å². The first-order valence-corrected chi connectivity index (χ1v) is 6.60. The normalized spacial score (nSPS) is 17.6. The first-order valence-electron chi connectivity index (χ1n) is 6.60. The third kappa shape index (κ3) is 5.71. The molecule has 0 saturated carbocycles. The van der Waals surface area contributed by atoms with Gasteiger partial charge in [0.25, 0.3) is 0 Å². The van der Waals surface area contributed by atoms with Gasteiger partial charge in [-0.3, -0.25) is 5.32 Å². The first-order chi connectivity index (χ1) is 9.40. The van der Waals surface area contributed by atoms with Gasteiger partial charge in [0.15, 0.2) is 0 Å². The summed E-state index contributed by atoms with van der Waals surface area (Å²) >= 11 is 0. The van der Waals surface area contributed by atoms with Crippen molar-refractivity contribution in [3.8, 4) is 0 Å². The molecule has 0 fully saturated rings. The highest BCUT2D eigenvalue weighted by Crippen LogP contribution is 2.22. The van der Waals surface area contributed by atoms with E-state index >= 15 is 0 Å². The zero-order valence-corrected chi connectivity index (χ0v) is 12.6. The summed E-state index contributed by atoms with van der Waals surface area (Å²) in [6.45, 7) is 5.14. The van der Waals surface area contributed by atoms with Crippen LogP contribution in [0.2, 0.25) is 0 Å². The second kappa shape index (κ2) is 9.50. The lowest BCUT2D eigenvalue weighted by molar-refractivity contribution is 0.444. The zero-order chi connectivity index (χ0) is 15.7. The molecule has 0 radical (unpaired) electrons. The molecule has 20 heavy (non-hydrogen) atoms. The highest BCUT2D eigenvalue weighted by molar-refractivity contribution is 5.18. The van der Waals surface area contributed by atoms with Gasteiger partial charge in [0.2, 0.25) is 0 Å². The van der Waals surface area contributed by atoms with Crippen LogP contribution in [0.25, 0.3) is 0 Å². The van der Waals surface area contributed by atoms with Gasteiger partial charge in [-0.15, -0.1) is 0 Å². The second-order valence-corrected chi connectivity index (χ2v) is 4.56. The van der Waals surface area contributed by atoms with Crippen molar-refractivity contribution in [3.05, 3.63) is 35.2 Å². The van der Waals surface area contributed by atoms with E-state index < -0.39 is 5.83 Å². The van der Waals surface area contributed by atoms with Crippen LogP contribution in [-0.2, 0) is 0 Å². The Bertz CT molecular complexity index is 385. The molecule has 0 aliphatic heterocycles. The smallest absolute Gasteiger partial charge is 0.116 e. The lowest BCUT2D eigenvalue weighted by atomic mass is 9.92. The third-order valence-corrected chi connectivity index (χ3v) is 3.21. The number of nitrogens with one attached hydrogen (secondary N) is 2. The monoisotopic (exact) mass is 288 g/mol. The van der Waals surface area contributed by atoms with Gasteiger partial charge in [-0.1, -0.05) is 6.08 Å². The molecule has 0 aromatic carbocycles. The van der Waals surface area contributed by atoms with Crippen LogP contribution in [0.1, 0.15) is 27.2 Å². The molecule has 0 spiro atoms. The number of nitrogens with two attached hydrogens (primary N) is 2. The second-order valence-electron chi connectivity index (χ2n) is 4.56. The zero-order valence-electron chi connectivity index (χ0n) is 12.6. The van der Waals surface area contributed by atoms with Gasteiger partial charge in [0.05, 0.1) is 6.17 Å². The largest absolute Gasteiger partial charge is 0.403 e. The standard InChI is InChI=1S/C14H26F2N4/c1-5-13(11(7-17)6-12(16)8-18)14(19-4)20-10(3)9(2)15/h5,8,11,14,19-20H,6-7,17-18H2,1-4H3/b10-9+,12-8+,13-5+/t11?,14-/m0/s1. The summed E-state index contributed by atoms with van der Waals surface area (Å²) in [4.78, 5) is 0. The average Bonchev–Trinajstić information content (AvgIpc) is 2.44. The summed E-state index contributed by atoms with van der Waals surface area (Å²) in [6, 6.07) is 0. The van der Waals surface area contributed by atoms with E-state index in [2.05, 4.69) is 10.6 Å². The molecule has 1 unspecified atom stereocenters. The fraction of sp³-hybridized carbons (Fsp3) is 0.571. The van der Waals surface area contributed by atoms with Crippen LogP contribution in [0.5, 0.6) is 0 Å². The number of halogens is 2. The van der Waals surface area contributed by atoms with Crippen molar-refractivity contribution < 1.29 is 8.78 Å². The molecule has 0 bridgehead atoms. The van der Waals surface area contributed by atoms with E-state index in [0.29, 0.717) is 5.70 Å². The molecule has 0 aromatic rings. The maximum absolute atomic E-state index is 13.4. The molecule has 4 nitrogen and oxygen atoms in total. The summed E-state index contributed by atoms with van der Waals surface area (Å²) in [5, 5.41) is 6.06. The van der Waals surface area contributed by atoms with Crippen LogP contribution in [-0.4, -0.2) is 19.8 Å². The van der Waals surface area contributed by atoms with Crippen molar-refractivity contribution in [2.24, 2.45) is 17.4 Å². The van der Waals surface area contributed by atoms with Crippen LogP contribution in [0.3, 0.4) is 0 Å². The summed E-state index contributed by atoms with van der Waals surface area (Å²) in [5.74, 6) is -0.918. The Labute approximate surface area is 120 Å². The maximum atomic E-state index is 13.4. The lowest BCUT2D eigenvalue weighted by Gasteiger charge is -2.28. The fourth-order valence-electron chi connectivity index (χ4n) is 1.92. The van der Waals surface area contributed by atoms with Crippen molar-refractivity contribution in [3.63, 3.8) is 0 Å². The van der Waals surface area contributed by atoms with E-state index in [1.165, 1.54) is 6.92 Å².